The lowest BCUT2D eigenvalue weighted by molar-refractivity contribution is 0.0640. The number of imide groups is 1. The molecule has 0 radical (unpaired) electrons. The molecule has 9 heteroatoms. The molecule has 0 bridgehead atoms. The predicted molar refractivity (Wildman–Crippen MR) is 128 cm³/mol. The van der Waals surface area contributed by atoms with Crippen LogP contribution >= 0.6 is 0 Å². The van der Waals surface area contributed by atoms with Crippen molar-refractivity contribution in [2.24, 2.45) is 0 Å². The number of amides is 2. The first-order chi connectivity index (χ1) is 17.6. The normalized spacial score (nSPS) is 13.9. The van der Waals surface area contributed by atoms with Crippen LogP contribution in [0.1, 0.15) is 38.3 Å². The average Bonchev–Trinajstić information content (AvgIpc) is 3.47. The van der Waals surface area contributed by atoms with E-state index in [1.165, 1.54) is 18.0 Å². The molecule has 1 aromatic heterocycles. The number of phenols is 1. The monoisotopic (exact) mass is 483 g/mol. The highest BCUT2D eigenvalue weighted by Crippen LogP contribution is 2.43. The molecule has 9 nitrogen and oxygen atoms in total. The molecule has 0 aliphatic carbocycles. The number of phenolic OH excluding ortho intramolecular Hbond substituents is 1. The SMILES string of the molecule is O=C1c2c(c(OCCCc3ccccc3)c3nccnc3c2O)C(=O)N1Cc1ccc2c(c1)OCO2. The van der Waals surface area contributed by atoms with Crippen LogP contribution in [0.5, 0.6) is 23.0 Å². The van der Waals surface area contributed by atoms with Crippen molar-refractivity contribution in [3.05, 3.63) is 83.2 Å². The van der Waals surface area contributed by atoms with Crippen LogP contribution in [0.3, 0.4) is 0 Å². The van der Waals surface area contributed by atoms with Gasteiger partial charge in [0.1, 0.15) is 22.2 Å². The summed E-state index contributed by atoms with van der Waals surface area (Å²) in [5.41, 5.74) is 2.08. The summed E-state index contributed by atoms with van der Waals surface area (Å²) in [7, 11) is 0. The van der Waals surface area contributed by atoms with Gasteiger partial charge in [0.25, 0.3) is 11.8 Å². The van der Waals surface area contributed by atoms with Gasteiger partial charge in [0.2, 0.25) is 6.79 Å². The van der Waals surface area contributed by atoms with Crippen LogP contribution < -0.4 is 14.2 Å². The number of ether oxygens (including phenoxy) is 3. The fourth-order valence-corrected chi connectivity index (χ4v) is 4.52. The third-order valence-electron chi connectivity index (χ3n) is 6.25. The molecule has 0 atom stereocenters. The number of carbonyl (C=O) groups excluding carboxylic acids is 2. The molecule has 0 fully saturated rings. The maximum atomic E-state index is 13.5. The minimum atomic E-state index is -0.619. The molecule has 0 spiro atoms. The maximum Gasteiger partial charge on any atom is 0.265 e. The second-order valence-corrected chi connectivity index (χ2v) is 8.50. The molecule has 2 aliphatic rings. The van der Waals surface area contributed by atoms with Crippen molar-refractivity contribution in [2.75, 3.05) is 13.4 Å². The highest BCUT2D eigenvalue weighted by Gasteiger charge is 2.43. The zero-order chi connectivity index (χ0) is 24.6. The number of nitrogens with zero attached hydrogens (tertiary/aromatic N) is 3. The van der Waals surface area contributed by atoms with E-state index in [4.69, 9.17) is 14.2 Å². The Morgan fingerprint density at radius 2 is 1.64 bits per heavy atom. The maximum absolute atomic E-state index is 13.5. The highest BCUT2D eigenvalue weighted by atomic mass is 16.7. The second-order valence-electron chi connectivity index (χ2n) is 8.50. The Kier molecular flexibility index (Phi) is 5.37. The first kappa shape index (κ1) is 21.8. The molecule has 2 amide bonds. The fraction of sp³-hybridized carbons (Fsp3) is 0.185. The van der Waals surface area contributed by atoms with E-state index in [9.17, 15) is 14.7 Å². The Morgan fingerprint density at radius 1 is 0.889 bits per heavy atom. The summed E-state index contributed by atoms with van der Waals surface area (Å²) in [5, 5.41) is 10.9. The van der Waals surface area contributed by atoms with Crippen molar-refractivity contribution >= 4 is 22.8 Å². The summed E-state index contributed by atoms with van der Waals surface area (Å²) >= 11 is 0. The van der Waals surface area contributed by atoms with E-state index in [0.29, 0.717) is 30.1 Å². The molecule has 4 aromatic rings. The molecule has 36 heavy (non-hydrogen) atoms. The van der Waals surface area contributed by atoms with E-state index in [2.05, 4.69) is 9.97 Å². The van der Waals surface area contributed by atoms with Gasteiger partial charge in [-0.3, -0.25) is 14.5 Å². The Labute approximate surface area is 205 Å². The summed E-state index contributed by atoms with van der Waals surface area (Å²) in [4.78, 5) is 36.5. The van der Waals surface area contributed by atoms with Crippen LogP contribution in [0.15, 0.2) is 60.9 Å². The third kappa shape index (κ3) is 3.65. The van der Waals surface area contributed by atoms with E-state index < -0.39 is 11.8 Å². The van der Waals surface area contributed by atoms with Crippen LogP contribution in [0.2, 0.25) is 0 Å². The molecule has 180 valence electrons. The smallest absolute Gasteiger partial charge is 0.265 e. The number of carbonyl (C=O) groups is 2. The molecule has 0 unspecified atom stereocenters. The average molecular weight is 483 g/mol. The Balaban J connectivity index is 1.32. The van der Waals surface area contributed by atoms with Gasteiger partial charge in [-0.25, -0.2) is 9.97 Å². The zero-order valence-corrected chi connectivity index (χ0v) is 19.1. The third-order valence-corrected chi connectivity index (χ3v) is 6.25. The number of fused-ring (bicyclic) bond motifs is 3. The predicted octanol–water partition coefficient (Wildman–Crippen LogP) is 3.87. The standard InChI is InChI=1S/C27H21N3O6/c31-24-20-21(27(33)30(26(20)32)14-17-8-9-18-19(13-17)36-15-35-18)25(23-22(24)28-10-11-29-23)34-12-4-7-16-5-2-1-3-6-16/h1-3,5-6,8-11,13,31H,4,7,12,14-15H2. The van der Waals surface area contributed by atoms with Crippen molar-refractivity contribution in [2.45, 2.75) is 19.4 Å². The van der Waals surface area contributed by atoms with Gasteiger partial charge in [-0.15, -0.1) is 0 Å². The summed E-state index contributed by atoms with van der Waals surface area (Å²) < 4.78 is 16.8. The van der Waals surface area contributed by atoms with E-state index >= 15 is 0 Å². The highest BCUT2D eigenvalue weighted by molar-refractivity contribution is 6.26. The van der Waals surface area contributed by atoms with Gasteiger partial charge in [-0.05, 0) is 36.1 Å². The van der Waals surface area contributed by atoms with Gasteiger partial charge in [0.05, 0.1) is 13.2 Å². The minimum absolute atomic E-state index is 0.00551. The van der Waals surface area contributed by atoms with Crippen LogP contribution in [-0.2, 0) is 13.0 Å². The summed E-state index contributed by atoms with van der Waals surface area (Å²) in [6.07, 6.45) is 4.34. The van der Waals surface area contributed by atoms with Gasteiger partial charge in [-0.1, -0.05) is 36.4 Å². The molecule has 3 aromatic carbocycles. The molecule has 0 saturated carbocycles. The molecular formula is C27H21N3O6. The molecule has 0 saturated heterocycles. The number of benzene rings is 3. The first-order valence-electron chi connectivity index (χ1n) is 11.5. The minimum Gasteiger partial charge on any atom is -0.505 e. The van der Waals surface area contributed by atoms with Crippen molar-refractivity contribution in [1.29, 1.82) is 0 Å². The van der Waals surface area contributed by atoms with Gasteiger partial charge < -0.3 is 19.3 Å². The van der Waals surface area contributed by atoms with Crippen molar-refractivity contribution in [3.8, 4) is 23.0 Å². The van der Waals surface area contributed by atoms with Gasteiger partial charge in [0.15, 0.2) is 23.0 Å². The first-order valence-corrected chi connectivity index (χ1v) is 11.5. The molecule has 2 aliphatic heterocycles. The number of hydrogen-bond acceptors (Lipinski definition) is 8. The molecule has 6 rings (SSSR count). The number of rotatable bonds is 7. The molecule has 3 heterocycles. The lowest BCUT2D eigenvalue weighted by atomic mass is 10.0. The quantitative estimate of drug-likeness (QED) is 0.312. The van der Waals surface area contributed by atoms with E-state index in [1.54, 1.807) is 18.2 Å². The molecule has 1 N–H and O–H groups in total. The largest absolute Gasteiger partial charge is 0.505 e. The Hall–Kier alpha value is -4.66. The van der Waals surface area contributed by atoms with Crippen molar-refractivity contribution in [3.63, 3.8) is 0 Å². The van der Waals surface area contributed by atoms with Crippen LogP contribution in [-0.4, -0.2) is 45.2 Å². The van der Waals surface area contributed by atoms with E-state index in [-0.39, 0.29) is 47.0 Å². The van der Waals surface area contributed by atoms with Gasteiger partial charge in [0, 0.05) is 12.4 Å². The van der Waals surface area contributed by atoms with E-state index in [0.717, 1.165) is 11.3 Å². The van der Waals surface area contributed by atoms with Crippen LogP contribution in [0, 0.1) is 0 Å². The fourth-order valence-electron chi connectivity index (χ4n) is 4.52. The number of aromatic nitrogens is 2. The van der Waals surface area contributed by atoms with Crippen LogP contribution in [0.25, 0.3) is 11.0 Å². The Bertz CT molecular complexity index is 1500. The number of aryl methyl sites for hydroxylation is 1. The molecular weight excluding hydrogens is 462 g/mol. The second kappa shape index (κ2) is 8.84. The number of hydrogen-bond donors (Lipinski definition) is 1. The number of aromatic hydroxyl groups is 1. The summed E-state index contributed by atoms with van der Waals surface area (Å²) in [6.45, 7) is 0.408. The van der Waals surface area contributed by atoms with E-state index in [1.807, 2.05) is 30.3 Å². The lowest BCUT2D eigenvalue weighted by Gasteiger charge is -2.14. The zero-order valence-electron chi connectivity index (χ0n) is 19.1. The van der Waals surface area contributed by atoms with Crippen molar-refractivity contribution < 1.29 is 28.9 Å². The topological polar surface area (TPSA) is 111 Å². The Morgan fingerprint density at radius 3 is 2.47 bits per heavy atom. The lowest BCUT2D eigenvalue weighted by Crippen LogP contribution is -2.29. The van der Waals surface area contributed by atoms with Crippen molar-refractivity contribution in [1.82, 2.24) is 14.9 Å². The summed E-state index contributed by atoms with van der Waals surface area (Å²) in [5.74, 6) is -0.246. The van der Waals surface area contributed by atoms with Gasteiger partial charge >= 0.3 is 0 Å². The van der Waals surface area contributed by atoms with Gasteiger partial charge in [-0.2, -0.15) is 0 Å². The van der Waals surface area contributed by atoms with Crippen LogP contribution in [0.4, 0.5) is 0 Å². The summed E-state index contributed by atoms with van der Waals surface area (Å²) in [6, 6.07) is 15.2.